The third-order valence-corrected chi connectivity index (χ3v) is 5.25. The lowest BCUT2D eigenvalue weighted by Crippen LogP contribution is -2.28. The molecule has 0 unspecified atom stereocenters. The van der Waals surface area contributed by atoms with Crippen molar-refractivity contribution in [1.29, 1.82) is 0 Å². The molecule has 3 aromatic rings. The Hall–Kier alpha value is -2.36. The summed E-state index contributed by atoms with van der Waals surface area (Å²) in [6.07, 6.45) is 2.18. The SMILES string of the molecule is COCCN(Cc1cc(C)ccc1C)Cc1cccn1Cc1cccc(C)c1. The average Bonchev–Trinajstić information content (AvgIpc) is 3.09. The van der Waals surface area contributed by atoms with Crippen LogP contribution in [0.15, 0.2) is 60.8 Å². The fraction of sp³-hybridized carbons (Fsp3) is 0.360. The summed E-state index contributed by atoms with van der Waals surface area (Å²) in [7, 11) is 1.77. The number of hydrogen-bond acceptors (Lipinski definition) is 2. The Morgan fingerprint density at radius 2 is 1.71 bits per heavy atom. The molecule has 1 heterocycles. The number of nitrogens with zero attached hydrogens (tertiary/aromatic N) is 2. The predicted molar refractivity (Wildman–Crippen MR) is 117 cm³/mol. The van der Waals surface area contributed by atoms with Gasteiger partial charge in [0.05, 0.1) is 6.61 Å². The van der Waals surface area contributed by atoms with Gasteiger partial charge in [-0.15, -0.1) is 0 Å². The molecule has 148 valence electrons. The standard InChI is InChI=1S/C25H32N2O/c1-20-7-5-8-23(15-20)17-27-12-6-9-25(27)19-26(13-14-28-4)18-24-16-21(2)10-11-22(24)3/h5-12,15-16H,13-14,17-19H2,1-4H3. The third-order valence-electron chi connectivity index (χ3n) is 5.25. The van der Waals surface area contributed by atoms with E-state index in [1.165, 1.54) is 33.5 Å². The van der Waals surface area contributed by atoms with Crippen LogP contribution in [0.5, 0.6) is 0 Å². The molecule has 0 bridgehead atoms. The van der Waals surface area contributed by atoms with Gasteiger partial charge in [-0.25, -0.2) is 0 Å². The zero-order chi connectivity index (χ0) is 19.9. The van der Waals surface area contributed by atoms with Gasteiger partial charge in [-0.1, -0.05) is 53.6 Å². The number of aryl methyl sites for hydroxylation is 3. The zero-order valence-corrected chi connectivity index (χ0v) is 17.6. The molecule has 2 aromatic carbocycles. The molecule has 0 aliphatic heterocycles. The maximum Gasteiger partial charge on any atom is 0.0589 e. The lowest BCUT2D eigenvalue weighted by atomic mass is 10.1. The highest BCUT2D eigenvalue weighted by Crippen LogP contribution is 2.17. The van der Waals surface area contributed by atoms with Crippen molar-refractivity contribution < 1.29 is 4.74 Å². The summed E-state index contributed by atoms with van der Waals surface area (Å²) >= 11 is 0. The Morgan fingerprint density at radius 3 is 2.50 bits per heavy atom. The van der Waals surface area contributed by atoms with Crippen LogP contribution in [0.4, 0.5) is 0 Å². The molecule has 3 rings (SSSR count). The fourth-order valence-electron chi connectivity index (χ4n) is 3.63. The van der Waals surface area contributed by atoms with Gasteiger partial charge in [-0.3, -0.25) is 4.90 Å². The van der Waals surface area contributed by atoms with E-state index in [9.17, 15) is 0 Å². The van der Waals surface area contributed by atoms with E-state index in [4.69, 9.17) is 4.74 Å². The molecule has 3 heteroatoms. The van der Waals surface area contributed by atoms with Gasteiger partial charge in [0.1, 0.15) is 0 Å². The van der Waals surface area contributed by atoms with E-state index in [-0.39, 0.29) is 0 Å². The van der Waals surface area contributed by atoms with E-state index in [0.29, 0.717) is 0 Å². The highest BCUT2D eigenvalue weighted by Gasteiger charge is 2.12. The number of methoxy groups -OCH3 is 1. The van der Waals surface area contributed by atoms with E-state index in [2.05, 4.69) is 91.0 Å². The topological polar surface area (TPSA) is 17.4 Å². The van der Waals surface area contributed by atoms with Crippen molar-refractivity contribution in [3.05, 3.63) is 94.3 Å². The van der Waals surface area contributed by atoms with Crippen molar-refractivity contribution in [2.45, 2.75) is 40.4 Å². The first-order valence-electron chi connectivity index (χ1n) is 10.0. The van der Waals surface area contributed by atoms with Gasteiger partial charge in [-0.2, -0.15) is 0 Å². The molecule has 0 N–H and O–H groups in total. The highest BCUT2D eigenvalue weighted by molar-refractivity contribution is 5.30. The Balaban J connectivity index is 1.76. The van der Waals surface area contributed by atoms with Crippen molar-refractivity contribution in [1.82, 2.24) is 9.47 Å². The van der Waals surface area contributed by atoms with Crippen LogP contribution in [0.2, 0.25) is 0 Å². The van der Waals surface area contributed by atoms with Crippen LogP contribution in [-0.2, 0) is 24.4 Å². The zero-order valence-electron chi connectivity index (χ0n) is 17.6. The van der Waals surface area contributed by atoms with Crippen molar-refractivity contribution in [3.8, 4) is 0 Å². The quantitative estimate of drug-likeness (QED) is 0.516. The predicted octanol–water partition coefficient (Wildman–Crippen LogP) is 5.11. The maximum absolute atomic E-state index is 5.37. The lowest BCUT2D eigenvalue weighted by Gasteiger charge is -2.24. The number of aromatic nitrogens is 1. The molecule has 0 atom stereocenters. The number of hydrogen-bond donors (Lipinski definition) is 0. The molecular weight excluding hydrogens is 344 g/mol. The van der Waals surface area contributed by atoms with Gasteiger partial charge in [0.25, 0.3) is 0 Å². The summed E-state index contributed by atoms with van der Waals surface area (Å²) in [4.78, 5) is 2.48. The number of benzene rings is 2. The van der Waals surface area contributed by atoms with Crippen molar-refractivity contribution >= 4 is 0 Å². The molecule has 0 aliphatic carbocycles. The largest absolute Gasteiger partial charge is 0.383 e. The van der Waals surface area contributed by atoms with E-state index >= 15 is 0 Å². The minimum Gasteiger partial charge on any atom is -0.383 e. The molecule has 0 radical (unpaired) electrons. The molecule has 1 aromatic heterocycles. The van der Waals surface area contributed by atoms with Gasteiger partial charge in [0, 0.05) is 45.2 Å². The first-order chi connectivity index (χ1) is 13.5. The third kappa shape index (κ3) is 5.57. The lowest BCUT2D eigenvalue weighted by molar-refractivity contribution is 0.138. The summed E-state index contributed by atoms with van der Waals surface area (Å²) in [5.74, 6) is 0. The van der Waals surface area contributed by atoms with Crippen molar-refractivity contribution in [2.24, 2.45) is 0 Å². The highest BCUT2D eigenvalue weighted by atomic mass is 16.5. The average molecular weight is 377 g/mol. The van der Waals surface area contributed by atoms with Crippen LogP contribution in [0.1, 0.15) is 33.5 Å². The molecule has 0 saturated carbocycles. The number of ether oxygens (including phenoxy) is 1. The molecule has 0 saturated heterocycles. The Morgan fingerprint density at radius 1 is 0.893 bits per heavy atom. The van der Waals surface area contributed by atoms with E-state index in [0.717, 1.165) is 32.8 Å². The molecule has 0 aliphatic rings. The van der Waals surface area contributed by atoms with Crippen molar-refractivity contribution in [2.75, 3.05) is 20.3 Å². The van der Waals surface area contributed by atoms with Gasteiger partial charge < -0.3 is 9.30 Å². The van der Waals surface area contributed by atoms with E-state index in [1.807, 2.05) is 0 Å². The van der Waals surface area contributed by atoms with Crippen LogP contribution < -0.4 is 0 Å². The van der Waals surface area contributed by atoms with Gasteiger partial charge in [-0.05, 0) is 49.6 Å². The van der Waals surface area contributed by atoms with Gasteiger partial charge >= 0.3 is 0 Å². The minimum absolute atomic E-state index is 0.740. The fourth-order valence-corrected chi connectivity index (χ4v) is 3.63. The number of rotatable bonds is 9. The first kappa shape index (κ1) is 20.4. The summed E-state index contributed by atoms with van der Waals surface area (Å²) in [5.41, 5.74) is 8.05. The van der Waals surface area contributed by atoms with E-state index in [1.54, 1.807) is 7.11 Å². The molecule has 3 nitrogen and oxygen atoms in total. The molecule has 0 spiro atoms. The molecule has 28 heavy (non-hydrogen) atoms. The Kier molecular flexibility index (Phi) is 7.07. The van der Waals surface area contributed by atoms with E-state index < -0.39 is 0 Å². The summed E-state index contributed by atoms with van der Waals surface area (Å²) in [5, 5.41) is 0. The summed E-state index contributed by atoms with van der Waals surface area (Å²) in [6, 6.07) is 19.9. The molecular formula is C25H32N2O. The minimum atomic E-state index is 0.740. The second-order valence-electron chi connectivity index (χ2n) is 7.75. The smallest absolute Gasteiger partial charge is 0.0589 e. The Bertz CT molecular complexity index is 897. The van der Waals surface area contributed by atoms with Crippen LogP contribution in [-0.4, -0.2) is 29.7 Å². The Labute approximate surface area is 169 Å². The van der Waals surface area contributed by atoms with Crippen LogP contribution in [0.25, 0.3) is 0 Å². The first-order valence-corrected chi connectivity index (χ1v) is 10.0. The van der Waals surface area contributed by atoms with Gasteiger partial charge in [0.2, 0.25) is 0 Å². The second-order valence-corrected chi connectivity index (χ2v) is 7.75. The monoisotopic (exact) mass is 376 g/mol. The summed E-state index contributed by atoms with van der Waals surface area (Å²) < 4.78 is 7.73. The molecule has 0 amide bonds. The van der Waals surface area contributed by atoms with Gasteiger partial charge in [0.15, 0.2) is 0 Å². The van der Waals surface area contributed by atoms with Crippen molar-refractivity contribution in [3.63, 3.8) is 0 Å². The van der Waals surface area contributed by atoms with Crippen LogP contribution in [0.3, 0.4) is 0 Å². The maximum atomic E-state index is 5.37. The summed E-state index contributed by atoms with van der Waals surface area (Å²) in [6.45, 7) is 10.9. The van der Waals surface area contributed by atoms with Crippen LogP contribution >= 0.6 is 0 Å². The van der Waals surface area contributed by atoms with Crippen LogP contribution in [0, 0.1) is 20.8 Å². The normalized spacial score (nSPS) is 11.3. The molecule has 0 fully saturated rings. The second kappa shape index (κ2) is 9.72.